The molecule has 0 radical (unpaired) electrons. The molecule has 2 aliphatic rings. The number of nitrogens with zero attached hydrogens (tertiary/aromatic N) is 2. The van der Waals surface area contributed by atoms with Crippen molar-refractivity contribution in [3.8, 4) is 0 Å². The number of hydrogen-bond donors (Lipinski definition) is 0. The molecular weight excluding hydrogens is 404 g/mol. The van der Waals surface area contributed by atoms with E-state index >= 15 is 0 Å². The number of ether oxygens (including phenoxy) is 1. The number of amides is 1. The van der Waals surface area contributed by atoms with Gasteiger partial charge in [-0.2, -0.15) is 0 Å². The van der Waals surface area contributed by atoms with Crippen LogP contribution < -0.4 is 0 Å². The van der Waals surface area contributed by atoms with E-state index in [9.17, 15) is 4.79 Å². The van der Waals surface area contributed by atoms with Gasteiger partial charge in [0.25, 0.3) is 0 Å². The summed E-state index contributed by atoms with van der Waals surface area (Å²) >= 11 is 3.47. The van der Waals surface area contributed by atoms with E-state index < -0.39 is 0 Å². The van der Waals surface area contributed by atoms with Crippen molar-refractivity contribution in [1.82, 2.24) is 4.90 Å². The Bertz CT molecular complexity index is 875. The topological polar surface area (TPSA) is 41.9 Å². The SMILES string of the molecule is O=C(OCc1ccccc1)N1CCC[C@H]1C1=NC=C(c2ccc(Br)cc2)C1. The molecule has 0 N–H and O–H groups in total. The number of allylic oxidation sites excluding steroid dienone is 1. The second-order valence-electron chi connectivity index (χ2n) is 6.85. The maximum absolute atomic E-state index is 12.6. The predicted molar refractivity (Wildman–Crippen MR) is 111 cm³/mol. The Morgan fingerprint density at radius 2 is 1.93 bits per heavy atom. The van der Waals surface area contributed by atoms with Gasteiger partial charge in [-0.05, 0) is 41.7 Å². The molecule has 4 rings (SSSR count). The zero-order chi connectivity index (χ0) is 18.6. The zero-order valence-corrected chi connectivity index (χ0v) is 16.6. The molecule has 2 aromatic rings. The maximum Gasteiger partial charge on any atom is 0.410 e. The van der Waals surface area contributed by atoms with Crippen molar-refractivity contribution in [1.29, 1.82) is 0 Å². The molecule has 4 nitrogen and oxygen atoms in total. The molecule has 27 heavy (non-hydrogen) atoms. The lowest BCUT2D eigenvalue weighted by Gasteiger charge is -2.24. The molecule has 0 aliphatic carbocycles. The fourth-order valence-electron chi connectivity index (χ4n) is 3.63. The quantitative estimate of drug-likeness (QED) is 0.655. The van der Waals surface area contributed by atoms with Gasteiger partial charge >= 0.3 is 6.09 Å². The largest absolute Gasteiger partial charge is 0.445 e. The summed E-state index contributed by atoms with van der Waals surface area (Å²) in [6.45, 7) is 1.03. The van der Waals surface area contributed by atoms with Gasteiger partial charge in [0.1, 0.15) is 6.61 Å². The Morgan fingerprint density at radius 1 is 1.15 bits per heavy atom. The molecule has 1 amide bonds. The van der Waals surface area contributed by atoms with Gasteiger partial charge in [-0.25, -0.2) is 4.79 Å². The molecule has 0 bridgehead atoms. The minimum atomic E-state index is -0.249. The van der Waals surface area contributed by atoms with E-state index in [2.05, 4.69) is 33.1 Å². The predicted octanol–water partition coefficient (Wildman–Crippen LogP) is 5.44. The molecule has 1 fully saturated rings. The number of likely N-dealkylation sites (tertiary alicyclic amines) is 1. The Hall–Kier alpha value is -2.40. The Morgan fingerprint density at radius 3 is 2.70 bits per heavy atom. The van der Waals surface area contributed by atoms with E-state index in [1.54, 1.807) is 0 Å². The van der Waals surface area contributed by atoms with Crippen LogP contribution in [0.1, 0.15) is 30.4 Å². The summed E-state index contributed by atoms with van der Waals surface area (Å²) in [5, 5.41) is 0. The van der Waals surface area contributed by atoms with E-state index in [-0.39, 0.29) is 12.1 Å². The molecule has 1 saturated heterocycles. The second kappa shape index (κ2) is 8.09. The number of carbonyl (C=O) groups excluding carboxylic acids is 1. The lowest BCUT2D eigenvalue weighted by Crippen LogP contribution is -2.40. The van der Waals surface area contributed by atoms with Crippen LogP contribution in [0.25, 0.3) is 5.57 Å². The van der Waals surface area contributed by atoms with Crippen molar-refractivity contribution in [2.75, 3.05) is 6.54 Å². The van der Waals surface area contributed by atoms with E-state index in [1.165, 1.54) is 11.1 Å². The highest BCUT2D eigenvalue weighted by Crippen LogP contribution is 2.30. The molecule has 2 aromatic carbocycles. The van der Waals surface area contributed by atoms with Crippen LogP contribution in [-0.2, 0) is 11.3 Å². The summed E-state index contributed by atoms with van der Waals surface area (Å²) in [6, 6.07) is 18.1. The third-order valence-electron chi connectivity index (χ3n) is 5.05. The van der Waals surface area contributed by atoms with Crippen LogP contribution in [0.2, 0.25) is 0 Å². The highest BCUT2D eigenvalue weighted by Gasteiger charge is 2.34. The first-order valence-corrected chi connectivity index (χ1v) is 9.99. The Kier molecular flexibility index (Phi) is 5.39. The van der Waals surface area contributed by atoms with E-state index in [0.29, 0.717) is 6.61 Å². The van der Waals surface area contributed by atoms with Crippen molar-refractivity contribution in [3.63, 3.8) is 0 Å². The van der Waals surface area contributed by atoms with Crippen molar-refractivity contribution in [2.45, 2.75) is 31.9 Å². The first-order chi connectivity index (χ1) is 13.2. The monoisotopic (exact) mass is 424 g/mol. The van der Waals surface area contributed by atoms with Crippen LogP contribution in [0.5, 0.6) is 0 Å². The molecule has 138 valence electrons. The van der Waals surface area contributed by atoms with Crippen LogP contribution in [0.15, 0.2) is 70.3 Å². The molecule has 2 aliphatic heterocycles. The average molecular weight is 425 g/mol. The van der Waals surface area contributed by atoms with Gasteiger partial charge in [-0.1, -0.05) is 58.4 Å². The summed E-state index contributed by atoms with van der Waals surface area (Å²) in [5.74, 6) is 0. The highest BCUT2D eigenvalue weighted by atomic mass is 79.9. The lowest BCUT2D eigenvalue weighted by atomic mass is 9.99. The molecular formula is C22H21BrN2O2. The number of carbonyl (C=O) groups is 1. The van der Waals surface area contributed by atoms with Crippen LogP contribution in [0.4, 0.5) is 4.79 Å². The van der Waals surface area contributed by atoms with Gasteiger partial charge in [-0.3, -0.25) is 9.89 Å². The van der Waals surface area contributed by atoms with Crippen molar-refractivity contribution < 1.29 is 9.53 Å². The minimum absolute atomic E-state index is 0.0393. The fraction of sp³-hybridized carbons (Fsp3) is 0.273. The molecule has 5 heteroatoms. The van der Waals surface area contributed by atoms with Gasteiger partial charge < -0.3 is 4.74 Å². The van der Waals surface area contributed by atoms with E-state index in [1.807, 2.05) is 53.6 Å². The highest BCUT2D eigenvalue weighted by molar-refractivity contribution is 9.10. The summed E-state index contributed by atoms with van der Waals surface area (Å²) in [5.41, 5.74) is 4.43. The summed E-state index contributed by atoms with van der Waals surface area (Å²) < 4.78 is 6.60. The lowest BCUT2D eigenvalue weighted by molar-refractivity contribution is 0.0992. The Balaban J connectivity index is 1.37. The van der Waals surface area contributed by atoms with Crippen LogP contribution in [-0.4, -0.2) is 29.3 Å². The smallest absolute Gasteiger partial charge is 0.410 e. The van der Waals surface area contributed by atoms with Crippen molar-refractivity contribution >= 4 is 33.3 Å². The molecule has 1 atom stereocenters. The van der Waals surface area contributed by atoms with E-state index in [4.69, 9.17) is 4.74 Å². The van der Waals surface area contributed by atoms with Gasteiger partial charge in [0, 0.05) is 29.3 Å². The van der Waals surface area contributed by atoms with Gasteiger partial charge in [0.05, 0.1) is 6.04 Å². The number of halogens is 1. The first-order valence-electron chi connectivity index (χ1n) is 9.19. The number of aliphatic imine (C=N–C) groups is 1. The fourth-order valence-corrected chi connectivity index (χ4v) is 3.89. The number of rotatable bonds is 4. The Labute approximate surface area is 167 Å². The molecule has 0 spiro atoms. The van der Waals surface area contributed by atoms with Crippen LogP contribution in [0, 0.1) is 0 Å². The van der Waals surface area contributed by atoms with Crippen molar-refractivity contribution in [2.24, 2.45) is 4.99 Å². The number of hydrogen-bond acceptors (Lipinski definition) is 3. The minimum Gasteiger partial charge on any atom is -0.445 e. The summed E-state index contributed by atoms with van der Waals surface area (Å²) in [7, 11) is 0. The zero-order valence-electron chi connectivity index (χ0n) is 15.0. The van der Waals surface area contributed by atoms with Gasteiger partial charge in [0.2, 0.25) is 0 Å². The normalized spacial score (nSPS) is 19.0. The summed E-state index contributed by atoms with van der Waals surface area (Å²) in [6.07, 6.45) is 4.40. The maximum atomic E-state index is 12.6. The third-order valence-corrected chi connectivity index (χ3v) is 5.58. The summed E-state index contributed by atoms with van der Waals surface area (Å²) in [4.78, 5) is 19.1. The van der Waals surface area contributed by atoms with Gasteiger partial charge in [0.15, 0.2) is 0 Å². The van der Waals surface area contributed by atoms with Gasteiger partial charge in [-0.15, -0.1) is 0 Å². The van der Waals surface area contributed by atoms with Crippen molar-refractivity contribution in [3.05, 3.63) is 76.4 Å². The molecule has 0 saturated carbocycles. The first kappa shape index (κ1) is 18.0. The third kappa shape index (κ3) is 4.14. The number of benzene rings is 2. The molecule has 0 unspecified atom stereocenters. The standard InChI is InChI=1S/C22H21BrN2O2/c23-19-10-8-17(9-11-19)18-13-20(24-14-18)21-7-4-12-25(21)22(26)27-15-16-5-2-1-3-6-16/h1-3,5-6,8-11,14,21H,4,7,12-13,15H2/t21-/m0/s1. The van der Waals surface area contributed by atoms with E-state index in [0.717, 1.165) is 41.6 Å². The van der Waals surface area contributed by atoms with Crippen LogP contribution >= 0.6 is 15.9 Å². The molecule has 2 heterocycles. The molecule has 0 aromatic heterocycles. The second-order valence-corrected chi connectivity index (χ2v) is 7.77. The average Bonchev–Trinajstić information content (AvgIpc) is 3.37. The van der Waals surface area contributed by atoms with Crippen LogP contribution in [0.3, 0.4) is 0 Å².